The zero-order valence-electron chi connectivity index (χ0n) is 15.4. The van der Waals surface area contributed by atoms with Crippen LogP contribution in [-0.4, -0.2) is 49.0 Å². The molecule has 23 heavy (non-hydrogen) atoms. The molecule has 1 fully saturated rings. The molecule has 0 bridgehead atoms. The van der Waals surface area contributed by atoms with E-state index in [1.807, 2.05) is 34.6 Å². The van der Waals surface area contributed by atoms with E-state index < -0.39 is 31.0 Å². The molecular weight excluding hydrogens is 311 g/mol. The molecule has 1 heterocycles. The molecule has 2 unspecified atom stereocenters. The number of esters is 1. The molecule has 0 aromatic rings. The van der Waals surface area contributed by atoms with Gasteiger partial charge in [0.1, 0.15) is 18.3 Å². The first-order valence-electron chi connectivity index (χ1n) is 8.69. The Balaban J connectivity index is 2.97. The number of rotatable bonds is 8. The van der Waals surface area contributed by atoms with Crippen LogP contribution in [0.1, 0.15) is 67.2 Å². The summed E-state index contributed by atoms with van der Waals surface area (Å²) in [6.07, 6.45) is 2.64. The van der Waals surface area contributed by atoms with Crippen LogP contribution in [0.25, 0.3) is 0 Å². The average molecular weight is 342 g/mol. The predicted octanol–water partition coefficient (Wildman–Crippen LogP) is 3.20. The third kappa shape index (κ3) is 6.19. The van der Waals surface area contributed by atoms with Gasteiger partial charge in [0, 0.05) is 6.10 Å². The van der Waals surface area contributed by atoms with Gasteiger partial charge in [0.2, 0.25) is 0 Å². The molecule has 6 heteroatoms. The standard InChI is InChI=1S/C14H24O4.C3H7O.Al/c1-6-7-8-13(17-10(2)3)12(5)18-14(16)9-11(4)15;1-3(2)4;/h10,12H,1,6-9H2,2-5H3;3H,1-2H3;/q;-1;+1. The van der Waals surface area contributed by atoms with Gasteiger partial charge >= 0.3 is 20.5 Å². The zero-order valence-corrected chi connectivity index (χ0v) is 16.5. The largest absolute Gasteiger partial charge is 0.502 e. The summed E-state index contributed by atoms with van der Waals surface area (Å²) < 4.78 is 17.7. The Hall–Kier alpha value is -0.408. The summed E-state index contributed by atoms with van der Waals surface area (Å²) in [4.78, 5) is 23.1. The van der Waals surface area contributed by atoms with Gasteiger partial charge in [-0.15, -0.1) is 0 Å². The van der Waals surface area contributed by atoms with E-state index >= 15 is 0 Å². The summed E-state index contributed by atoms with van der Waals surface area (Å²) in [6, 6.07) is 0. The minimum atomic E-state index is -1.73. The molecule has 0 spiro atoms. The summed E-state index contributed by atoms with van der Waals surface area (Å²) in [7, 11) is 0. The van der Waals surface area contributed by atoms with Crippen molar-refractivity contribution in [3.05, 3.63) is 0 Å². The molecule has 1 saturated heterocycles. The topological polar surface area (TPSA) is 61.8 Å². The van der Waals surface area contributed by atoms with Gasteiger partial charge in [-0.05, 0) is 48.0 Å². The molecule has 0 radical (unpaired) electrons. The number of ketones is 1. The molecule has 1 rings (SSSR count). The summed E-state index contributed by atoms with van der Waals surface area (Å²) in [5.41, 5.74) is 0. The summed E-state index contributed by atoms with van der Waals surface area (Å²) in [5, 5.41) is 1.03. The van der Waals surface area contributed by atoms with Crippen molar-refractivity contribution in [3.8, 4) is 0 Å². The van der Waals surface area contributed by atoms with Crippen molar-refractivity contribution in [1.82, 2.24) is 0 Å². The summed E-state index contributed by atoms with van der Waals surface area (Å²) in [6.45, 7) is 11.4. The van der Waals surface area contributed by atoms with Gasteiger partial charge in [0.15, 0.2) is 0 Å². The van der Waals surface area contributed by atoms with E-state index in [1.165, 1.54) is 6.92 Å². The highest BCUT2D eigenvalue weighted by Gasteiger charge is 2.55. The van der Waals surface area contributed by atoms with Crippen LogP contribution in [-0.2, 0) is 22.9 Å². The Bertz CT molecular complexity index is 410. The lowest BCUT2D eigenvalue weighted by Gasteiger charge is -2.45. The first-order chi connectivity index (χ1) is 10.7. The Morgan fingerprint density at radius 1 is 1.09 bits per heavy atom. The quantitative estimate of drug-likeness (QED) is 0.385. The van der Waals surface area contributed by atoms with Crippen molar-refractivity contribution in [2.45, 2.75) is 95.3 Å². The van der Waals surface area contributed by atoms with Gasteiger partial charge in [-0.2, -0.15) is 0 Å². The van der Waals surface area contributed by atoms with E-state index in [4.69, 9.17) is 13.3 Å². The van der Waals surface area contributed by atoms with Crippen LogP contribution >= 0.6 is 0 Å². The third-order valence-corrected chi connectivity index (χ3v) is 7.90. The maximum Gasteiger partial charge on any atom is 0.502 e. The number of carbonyl (C=O) groups is 2. The lowest BCUT2D eigenvalue weighted by molar-refractivity contribution is -0.169. The van der Waals surface area contributed by atoms with Crippen LogP contribution in [0, 0.1) is 0 Å². The van der Waals surface area contributed by atoms with Gasteiger partial charge in [0.25, 0.3) is 0 Å². The van der Waals surface area contributed by atoms with E-state index in [0.717, 1.165) is 24.5 Å². The maximum atomic E-state index is 11.9. The second-order valence-corrected chi connectivity index (χ2v) is 9.86. The molecule has 1 aliphatic heterocycles. The monoisotopic (exact) mass is 342 g/mol. The van der Waals surface area contributed by atoms with Gasteiger partial charge in [-0.3, -0.25) is 9.59 Å². The second-order valence-electron chi connectivity index (χ2n) is 7.05. The van der Waals surface area contributed by atoms with Crippen LogP contribution in [0.15, 0.2) is 0 Å². The lowest BCUT2D eigenvalue weighted by Crippen LogP contribution is -2.61. The molecule has 0 aliphatic carbocycles. The highest BCUT2D eigenvalue weighted by atomic mass is 27.2. The summed E-state index contributed by atoms with van der Waals surface area (Å²) >= 11 is -1.73. The molecule has 1 aliphatic rings. The van der Waals surface area contributed by atoms with Crippen LogP contribution in [0.4, 0.5) is 0 Å². The molecular formula is C17H31AlO5. The van der Waals surface area contributed by atoms with Crippen molar-refractivity contribution in [1.29, 1.82) is 0 Å². The highest BCUT2D eigenvalue weighted by molar-refractivity contribution is 6.56. The van der Waals surface area contributed by atoms with Crippen molar-refractivity contribution < 1.29 is 22.9 Å². The third-order valence-electron chi connectivity index (χ3n) is 4.11. The molecule has 2 atom stereocenters. The van der Waals surface area contributed by atoms with Crippen LogP contribution in [0.5, 0.6) is 0 Å². The molecule has 5 nitrogen and oxygen atoms in total. The van der Waals surface area contributed by atoms with E-state index in [9.17, 15) is 9.59 Å². The fraction of sp³-hybridized carbons (Fsp3) is 0.882. The van der Waals surface area contributed by atoms with E-state index in [1.54, 1.807) is 0 Å². The molecule has 0 amide bonds. The molecule has 0 saturated carbocycles. The highest BCUT2D eigenvalue weighted by Crippen LogP contribution is 2.38. The Morgan fingerprint density at radius 3 is 2.26 bits per heavy atom. The maximum absolute atomic E-state index is 11.9. The Kier molecular flexibility index (Phi) is 8.23. The minimum Gasteiger partial charge on any atom is -0.497 e. The van der Waals surface area contributed by atoms with E-state index in [0.29, 0.717) is 0 Å². The molecule has 132 valence electrons. The number of hydrogen-bond acceptors (Lipinski definition) is 5. The van der Waals surface area contributed by atoms with Crippen molar-refractivity contribution in [2.75, 3.05) is 0 Å². The van der Waals surface area contributed by atoms with Crippen LogP contribution in [0.2, 0.25) is 5.28 Å². The first kappa shape index (κ1) is 20.6. The SMILES string of the molecule is CC(=O)CC(=O)OC(C)[C]1(OC(C)C)CCC[CH2][Al]1[O]C(C)C. The summed E-state index contributed by atoms with van der Waals surface area (Å²) in [5.74, 6) is -0.656. The van der Waals surface area contributed by atoms with Crippen molar-refractivity contribution in [2.24, 2.45) is 0 Å². The fourth-order valence-corrected chi connectivity index (χ4v) is 7.04. The number of hydrogen-bond donors (Lipinski definition) is 0. The zero-order chi connectivity index (χ0) is 17.6. The van der Waals surface area contributed by atoms with Crippen LogP contribution < -0.4 is 0 Å². The second kappa shape index (κ2) is 9.17. The fourth-order valence-electron chi connectivity index (χ4n) is 3.32. The normalized spacial score (nSPS) is 23.2. The van der Waals surface area contributed by atoms with Gasteiger partial charge < -0.3 is 13.3 Å². The lowest BCUT2D eigenvalue weighted by atomic mass is 10.1. The minimum absolute atomic E-state index is 0.0350. The van der Waals surface area contributed by atoms with E-state index in [2.05, 4.69) is 0 Å². The first-order valence-corrected chi connectivity index (χ1v) is 10.6. The van der Waals surface area contributed by atoms with Gasteiger partial charge in [0.05, 0.1) is 10.6 Å². The van der Waals surface area contributed by atoms with Crippen LogP contribution in [0.3, 0.4) is 0 Å². The van der Waals surface area contributed by atoms with Crippen molar-refractivity contribution in [3.63, 3.8) is 0 Å². The van der Waals surface area contributed by atoms with Crippen molar-refractivity contribution >= 4 is 26.2 Å². The predicted molar refractivity (Wildman–Crippen MR) is 90.4 cm³/mol. The van der Waals surface area contributed by atoms with E-state index in [-0.39, 0.29) is 24.4 Å². The number of ether oxygens (including phenoxy) is 2. The smallest absolute Gasteiger partial charge is 0.497 e. The van der Waals surface area contributed by atoms with Gasteiger partial charge in [-0.25, -0.2) is 0 Å². The molecule has 0 aromatic heterocycles. The Morgan fingerprint density at radius 2 is 1.74 bits per heavy atom. The Labute approximate surface area is 144 Å². The van der Waals surface area contributed by atoms with Gasteiger partial charge in [-0.1, -0.05) is 18.1 Å². The average Bonchev–Trinajstić information content (AvgIpc) is 2.38. The molecule has 0 aromatic carbocycles. The number of Topliss-reactive ketones (excluding diaryl/α,β-unsaturated/α-hetero) is 1. The molecule has 0 N–H and O–H groups in total. The number of carbonyl (C=O) groups excluding carboxylic acids is 2.